The van der Waals surface area contributed by atoms with Crippen LogP contribution in [-0.4, -0.2) is 37.1 Å². The quantitative estimate of drug-likeness (QED) is 0.475. The number of anilines is 1. The SMILES string of the molecule is CCCc1c(C(=O)NCCCNc2ccccc2)[nH]c(C)c1C(=O)OC. The number of methoxy groups -OCH3 is 1. The van der Waals surface area contributed by atoms with Crippen LogP contribution in [0.2, 0.25) is 0 Å². The highest BCUT2D eigenvalue weighted by molar-refractivity contribution is 6.00. The molecular formula is C20H27N3O3. The summed E-state index contributed by atoms with van der Waals surface area (Å²) in [7, 11) is 1.35. The monoisotopic (exact) mass is 357 g/mol. The van der Waals surface area contributed by atoms with Crippen molar-refractivity contribution in [3.8, 4) is 0 Å². The fraction of sp³-hybridized carbons (Fsp3) is 0.400. The number of para-hydroxylation sites is 1. The third-order valence-electron chi connectivity index (χ3n) is 4.15. The van der Waals surface area contributed by atoms with Gasteiger partial charge in [-0.05, 0) is 37.5 Å². The van der Waals surface area contributed by atoms with Gasteiger partial charge in [0.2, 0.25) is 0 Å². The Kier molecular flexibility index (Phi) is 7.26. The van der Waals surface area contributed by atoms with Crippen LogP contribution in [0.1, 0.15) is 51.9 Å². The van der Waals surface area contributed by atoms with Crippen molar-refractivity contribution in [3.63, 3.8) is 0 Å². The van der Waals surface area contributed by atoms with E-state index in [2.05, 4.69) is 15.6 Å². The number of esters is 1. The topological polar surface area (TPSA) is 83.2 Å². The molecule has 1 heterocycles. The van der Waals surface area contributed by atoms with E-state index in [4.69, 9.17) is 4.74 Å². The van der Waals surface area contributed by atoms with Crippen LogP contribution in [0.4, 0.5) is 5.69 Å². The summed E-state index contributed by atoms with van der Waals surface area (Å²) in [4.78, 5) is 27.6. The molecule has 0 fully saturated rings. The summed E-state index contributed by atoms with van der Waals surface area (Å²) in [5.41, 5.74) is 3.39. The number of carbonyl (C=O) groups excluding carboxylic acids is 2. The lowest BCUT2D eigenvalue weighted by Gasteiger charge is -2.08. The molecule has 1 aromatic heterocycles. The van der Waals surface area contributed by atoms with Crippen molar-refractivity contribution in [2.24, 2.45) is 0 Å². The largest absolute Gasteiger partial charge is 0.465 e. The van der Waals surface area contributed by atoms with Crippen LogP contribution < -0.4 is 10.6 Å². The van der Waals surface area contributed by atoms with Crippen molar-refractivity contribution in [1.82, 2.24) is 10.3 Å². The van der Waals surface area contributed by atoms with Gasteiger partial charge < -0.3 is 20.4 Å². The minimum absolute atomic E-state index is 0.189. The average molecular weight is 357 g/mol. The molecule has 0 aliphatic heterocycles. The van der Waals surface area contributed by atoms with Gasteiger partial charge >= 0.3 is 5.97 Å². The van der Waals surface area contributed by atoms with Crippen LogP contribution >= 0.6 is 0 Å². The first-order chi connectivity index (χ1) is 12.6. The Morgan fingerprint density at radius 3 is 2.54 bits per heavy atom. The molecule has 26 heavy (non-hydrogen) atoms. The molecule has 0 aliphatic rings. The summed E-state index contributed by atoms with van der Waals surface area (Å²) in [6.45, 7) is 5.12. The van der Waals surface area contributed by atoms with E-state index >= 15 is 0 Å². The van der Waals surface area contributed by atoms with Gasteiger partial charge in [-0.25, -0.2) is 4.79 Å². The summed E-state index contributed by atoms with van der Waals surface area (Å²) < 4.78 is 4.85. The Morgan fingerprint density at radius 1 is 1.15 bits per heavy atom. The maximum Gasteiger partial charge on any atom is 0.339 e. The number of H-pyrrole nitrogens is 1. The molecule has 0 radical (unpaired) electrons. The van der Waals surface area contributed by atoms with Crippen molar-refractivity contribution in [1.29, 1.82) is 0 Å². The Labute approximate surface area is 154 Å². The predicted octanol–water partition coefficient (Wildman–Crippen LogP) is 3.29. The number of benzene rings is 1. The number of ether oxygens (including phenoxy) is 1. The smallest absolute Gasteiger partial charge is 0.339 e. The highest BCUT2D eigenvalue weighted by atomic mass is 16.5. The van der Waals surface area contributed by atoms with Crippen LogP contribution in [-0.2, 0) is 11.2 Å². The number of rotatable bonds is 9. The molecular weight excluding hydrogens is 330 g/mol. The Morgan fingerprint density at radius 2 is 1.88 bits per heavy atom. The summed E-state index contributed by atoms with van der Waals surface area (Å²) in [5.74, 6) is -0.597. The van der Waals surface area contributed by atoms with Gasteiger partial charge in [0.1, 0.15) is 5.69 Å². The standard InChI is InChI=1S/C20H27N3O3/c1-4-9-16-17(20(25)26-3)14(2)23-18(16)19(24)22-13-8-12-21-15-10-6-5-7-11-15/h5-7,10-11,21,23H,4,8-9,12-13H2,1-3H3,(H,22,24). The molecule has 0 unspecified atom stereocenters. The van der Waals surface area contributed by atoms with Crippen LogP contribution in [0.15, 0.2) is 30.3 Å². The second-order valence-corrected chi connectivity index (χ2v) is 6.12. The molecule has 6 heteroatoms. The number of hydrogen-bond acceptors (Lipinski definition) is 4. The molecule has 0 atom stereocenters. The lowest BCUT2D eigenvalue weighted by molar-refractivity contribution is 0.0599. The van der Waals surface area contributed by atoms with Crippen LogP contribution in [0, 0.1) is 6.92 Å². The van der Waals surface area contributed by atoms with Crippen LogP contribution in [0.3, 0.4) is 0 Å². The molecule has 0 spiro atoms. The molecule has 2 aromatic rings. The van der Waals surface area contributed by atoms with Crippen molar-refractivity contribution >= 4 is 17.6 Å². The summed E-state index contributed by atoms with van der Waals surface area (Å²) >= 11 is 0. The number of aryl methyl sites for hydroxylation is 1. The summed E-state index contributed by atoms with van der Waals surface area (Å²) in [6.07, 6.45) is 2.28. The Bertz CT molecular complexity index is 738. The normalized spacial score (nSPS) is 10.4. The second-order valence-electron chi connectivity index (χ2n) is 6.12. The molecule has 2 rings (SSSR count). The number of amides is 1. The third-order valence-corrected chi connectivity index (χ3v) is 4.15. The van der Waals surface area contributed by atoms with Gasteiger partial charge in [-0.2, -0.15) is 0 Å². The van der Waals surface area contributed by atoms with Crippen LogP contribution in [0.5, 0.6) is 0 Å². The number of nitrogens with one attached hydrogen (secondary N) is 3. The van der Waals surface area contributed by atoms with E-state index in [0.717, 1.165) is 30.6 Å². The molecule has 3 N–H and O–H groups in total. The van der Waals surface area contributed by atoms with Crippen molar-refractivity contribution < 1.29 is 14.3 Å². The highest BCUT2D eigenvalue weighted by Crippen LogP contribution is 2.21. The predicted molar refractivity (Wildman–Crippen MR) is 103 cm³/mol. The Balaban J connectivity index is 1.93. The molecule has 1 aromatic carbocycles. The van der Waals surface area contributed by atoms with E-state index in [-0.39, 0.29) is 5.91 Å². The van der Waals surface area contributed by atoms with Gasteiger partial charge in [0, 0.05) is 24.5 Å². The molecule has 0 bridgehead atoms. The zero-order valence-corrected chi connectivity index (χ0v) is 15.6. The third kappa shape index (κ3) is 4.88. The summed E-state index contributed by atoms with van der Waals surface area (Å²) in [6, 6.07) is 9.94. The maximum atomic E-state index is 12.5. The first kappa shape index (κ1) is 19.6. The van der Waals surface area contributed by atoms with E-state index in [0.29, 0.717) is 29.9 Å². The van der Waals surface area contributed by atoms with E-state index in [1.807, 2.05) is 37.3 Å². The maximum absolute atomic E-state index is 12.5. The van der Waals surface area contributed by atoms with Gasteiger partial charge in [-0.1, -0.05) is 31.5 Å². The van der Waals surface area contributed by atoms with Crippen LogP contribution in [0.25, 0.3) is 0 Å². The average Bonchev–Trinajstić information content (AvgIpc) is 2.98. The molecule has 6 nitrogen and oxygen atoms in total. The number of carbonyl (C=O) groups is 2. The zero-order chi connectivity index (χ0) is 18.9. The van der Waals surface area contributed by atoms with Gasteiger partial charge in [-0.3, -0.25) is 4.79 Å². The molecule has 140 valence electrons. The van der Waals surface area contributed by atoms with E-state index in [1.54, 1.807) is 6.92 Å². The molecule has 0 aliphatic carbocycles. The lowest BCUT2D eigenvalue weighted by Crippen LogP contribution is -2.27. The minimum Gasteiger partial charge on any atom is -0.465 e. The van der Waals surface area contributed by atoms with Gasteiger partial charge in [0.05, 0.1) is 12.7 Å². The van der Waals surface area contributed by atoms with Gasteiger partial charge in [-0.15, -0.1) is 0 Å². The lowest BCUT2D eigenvalue weighted by atomic mass is 10.0. The molecule has 0 saturated carbocycles. The first-order valence-corrected chi connectivity index (χ1v) is 8.95. The molecule has 1 amide bonds. The van der Waals surface area contributed by atoms with E-state index in [9.17, 15) is 9.59 Å². The number of aromatic amines is 1. The van der Waals surface area contributed by atoms with Gasteiger partial charge in [0.15, 0.2) is 0 Å². The minimum atomic E-state index is -0.409. The van der Waals surface area contributed by atoms with E-state index < -0.39 is 5.97 Å². The van der Waals surface area contributed by atoms with Crippen molar-refractivity contribution in [2.45, 2.75) is 33.1 Å². The molecule has 0 saturated heterocycles. The van der Waals surface area contributed by atoms with Crippen molar-refractivity contribution in [3.05, 3.63) is 52.8 Å². The fourth-order valence-corrected chi connectivity index (χ4v) is 2.92. The van der Waals surface area contributed by atoms with Crippen molar-refractivity contribution in [2.75, 3.05) is 25.5 Å². The highest BCUT2D eigenvalue weighted by Gasteiger charge is 2.24. The van der Waals surface area contributed by atoms with Gasteiger partial charge in [0.25, 0.3) is 5.91 Å². The van der Waals surface area contributed by atoms with E-state index in [1.165, 1.54) is 7.11 Å². The fourth-order valence-electron chi connectivity index (χ4n) is 2.92. The zero-order valence-electron chi connectivity index (χ0n) is 15.6. The Hall–Kier alpha value is -2.76. The first-order valence-electron chi connectivity index (χ1n) is 8.95. The summed E-state index contributed by atoms with van der Waals surface area (Å²) in [5, 5.41) is 6.22. The second kappa shape index (κ2) is 9.65. The number of hydrogen-bond donors (Lipinski definition) is 3. The number of aromatic nitrogens is 1.